The fourth-order valence-electron chi connectivity index (χ4n) is 8.21. The maximum atomic E-state index is 14.5. The number of thiophene rings is 1. The number of rotatable bonds is 11. The van der Waals surface area contributed by atoms with Gasteiger partial charge in [0.25, 0.3) is 5.91 Å². The first-order valence-corrected chi connectivity index (χ1v) is 18.4. The van der Waals surface area contributed by atoms with E-state index in [1.54, 1.807) is 19.0 Å². The molecule has 1 amide bonds. The minimum Gasteiger partial charge on any atom is -0.510 e. The fourth-order valence-corrected chi connectivity index (χ4v) is 9.28. The van der Waals surface area contributed by atoms with Crippen molar-refractivity contribution in [3.05, 3.63) is 92.8 Å². The van der Waals surface area contributed by atoms with E-state index in [1.807, 2.05) is 55.4 Å². The van der Waals surface area contributed by atoms with Crippen LogP contribution in [0.2, 0.25) is 0 Å². The van der Waals surface area contributed by atoms with Gasteiger partial charge in [-0.2, -0.15) is 0 Å². The Morgan fingerprint density at radius 3 is 2.33 bits per heavy atom. The van der Waals surface area contributed by atoms with Gasteiger partial charge in [-0.15, -0.1) is 11.3 Å². The lowest BCUT2D eigenvalue weighted by molar-refractivity contribution is -0.148. The maximum absolute atomic E-state index is 14.5. The van der Waals surface area contributed by atoms with Crippen molar-refractivity contribution in [1.82, 2.24) is 9.80 Å². The normalized spacial score (nSPS) is 23.0. The van der Waals surface area contributed by atoms with Crippen LogP contribution in [0.25, 0.3) is 10.4 Å². The number of hydrogen-bond acceptors (Lipinski definition) is 11. The molecule has 6 rings (SSSR count). The molecular formula is C40H48N4O7S. The molecule has 6 N–H and O–H groups in total. The van der Waals surface area contributed by atoms with Crippen LogP contribution in [0.5, 0.6) is 5.75 Å². The molecule has 12 heteroatoms. The highest BCUT2D eigenvalue weighted by atomic mass is 32.1. The molecule has 0 fully saturated rings. The van der Waals surface area contributed by atoms with E-state index >= 15 is 0 Å². The summed E-state index contributed by atoms with van der Waals surface area (Å²) in [6.07, 6.45) is 1.30. The minimum atomic E-state index is -2.69. The predicted molar refractivity (Wildman–Crippen MR) is 201 cm³/mol. The lowest BCUT2D eigenvalue weighted by Crippen LogP contribution is -2.63. The number of Topliss-reactive ketones (excluding diaryl/α,β-unsaturated/α-hetero) is 2. The highest BCUT2D eigenvalue weighted by Crippen LogP contribution is 2.54. The van der Waals surface area contributed by atoms with Crippen LogP contribution in [-0.4, -0.2) is 94.1 Å². The lowest BCUT2D eigenvalue weighted by Gasteiger charge is -2.50. The Labute approximate surface area is 308 Å². The maximum Gasteiger partial charge on any atom is 0.255 e. The standard InChI is InChI=1S/C40H48N4O7S/c1-21(2)14-15-44(19-22-10-8-7-9-11-22)20-24-12-13-29(52-24)26-18-28(42(3)4)25-16-23-17-27-33(43(5)6)36(47)32(39(41)50)38(49)40(27,51)37(48)30(23)35(46)31(25)34(26)45/h7-13,18,21,23,27,33,45,47-48,51H,14-17,19-20H2,1-6H3,(H2,41,50). The molecule has 3 aliphatic rings. The largest absolute Gasteiger partial charge is 0.510 e. The summed E-state index contributed by atoms with van der Waals surface area (Å²) in [6, 6.07) is 15.2. The summed E-state index contributed by atoms with van der Waals surface area (Å²) in [6.45, 7) is 6.85. The number of aliphatic hydroxyl groups is 3. The van der Waals surface area contributed by atoms with Crippen LogP contribution >= 0.6 is 11.3 Å². The van der Waals surface area contributed by atoms with Gasteiger partial charge in [0, 0.05) is 59.7 Å². The van der Waals surface area contributed by atoms with Crippen molar-refractivity contribution in [1.29, 1.82) is 0 Å². The molecule has 0 saturated carbocycles. The van der Waals surface area contributed by atoms with Gasteiger partial charge < -0.3 is 31.1 Å². The van der Waals surface area contributed by atoms with Gasteiger partial charge in [0.1, 0.15) is 22.8 Å². The number of nitrogens with two attached hydrogens (primary N) is 1. The minimum absolute atomic E-state index is 0.000399. The van der Waals surface area contributed by atoms with E-state index < -0.39 is 58.0 Å². The number of anilines is 1. The van der Waals surface area contributed by atoms with Crippen molar-refractivity contribution in [2.24, 2.45) is 23.5 Å². The van der Waals surface area contributed by atoms with Crippen LogP contribution in [0.15, 0.2) is 71.2 Å². The number of ketones is 2. The Balaban J connectivity index is 1.41. The Hall–Kier alpha value is -4.49. The van der Waals surface area contributed by atoms with Gasteiger partial charge >= 0.3 is 0 Å². The van der Waals surface area contributed by atoms with E-state index in [4.69, 9.17) is 5.73 Å². The molecule has 52 heavy (non-hydrogen) atoms. The van der Waals surface area contributed by atoms with Gasteiger partial charge in [0.05, 0.1) is 11.6 Å². The quantitative estimate of drug-likeness (QED) is 0.170. The molecule has 2 aromatic carbocycles. The molecule has 0 spiro atoms. The molecule has 1 heterocycles. The van der Waals surface area contributed by atoms with Crippen molar-refractivity contribution >= 4 is 34.5 Å². The highest BCUT2D eigenvalue weighted by Gasteiger charge is 2.63. The second kappa shape index (κ2) is 14.1. The fraction of sp³-hybridized carbons (Fsp3) is 0.425. The third-order valence-electron chi connectivity index (χ3n) is 10.8. The van der Waals surface area contributed by atoms with Gasteiger partial charge in [-0.1, -0.05) is 44.2 Å². The zero-order valence-electron chi connectivity index (χ0n) is 30.5. The molecule has 4 atom stereocenters. The summed E-state index contributed by atoms with van der Waals surface area (Å²) in [5.41, 5.74) is 4.78. The second-order valence-electron chi connectivity index (χ2n) is 15.1. The summed E-state index contributed by atoms with van der Waals surface area (Å²) >= 11 is 1.53. The van der Waals surface area contributed by atoms with E-state index in [9.17, 15) is 34.8 Å². The first-order chi connectivity index (χ1) is 24.6. The number of amides is 1. The van der Waals surface area contributed by atoms with E-state index in [-0.39, 0.29) is 29.7 Å². The SMILES string of the molecule is CC(C)CCN(Cc1ccccc1)Cc1ccc(-c2cc(N(C)C)c3c(c2O)C(=O)C2=C(O)C4(O)C(=O)C(C(N)=O)=C(O)C(N(C)C)C4CC2C3)s1. The van der Waals surface area contributed by atoms with Gasteiger partial charge in [-0.3, -0.25) is 24.2 Å². The number of phenolic OH excluding ortho intramolecular Hbond substituents is 1. The molecule has 3 aliphatic carbocycles. The molecule has 0 radical (unpaired) electrons. The Morgan fingerprint density at radius 2 is 1.71 bits per heavy atom. The van der Waals surface area contributed by atoms with E-state index in [0.29, 0.717) is 23.6 Å². The number of nitrogens with zero attached hydrogens (tertiary/aromatic N) is 3. The number of aromatic hydroxyl groups is 1. The third-order valence-corrected chi connectivity index (χ3v) is 11.9. The Bertz CT molecular complexity index is 1980. The number of aliphatic hydroxyl groups excluding tert-OH is 2. The second-order valence-corrected chi connectivity index (χ2v) is 16.3. The number of allylic oxidation sites excluding steroid dienone is 1. The van der Waals surface area contributed by atoms with Gasteiger partial charge in [0.15, 0.2) is 11.4 Å². The van der Waals surface area contributed by atoms with Crippen LogP contribution in [0.4, 0.5) is 5.69 Å². The molecular weight excluding hydrogens is 681 g/mol. The zero-order chi connectivity index (χ0) is 37.8. The van der Waals surface area contributed by atoms with Crippen molar-refractivity contribution in [2.45, 2.75) is 57.8 Å². The average Bonchev–Trinajstić information content (AvgIpc) is 3.53. The molecule has 3 aromatic rings. The molecule has 1 aromatic heterocycles. The molecule has 11 nitrogen and oxygen atoms in total. The number of primary amides is 1. The number of benzene rings is 2. The number of fused-ring (bicyclic) bond motifs is 3. The summed E-state index contributed by atoms with van der Waals surface area (Å²) in [5, 5.41) is 46.7. The lowest BCUT2D eigenvalue weighted by atomic mass is 9.58. The summed E-state index contributed by atoms with van der Waals surface area (Å²) in [4.78, 5) is 48.3. The Kier molecular flexibility index (Phi) is 10.1. The van der Waals surface area contributed by atoms with E-state index in [1.165, 1.54) is 16.9 Å². The summed E-state index contributed by atoms with van der Waals surface area (Å²) < 4.78 is 0. The van der Waals surface area contributed by atoms with Crippen LogP contribution in [-0.2, 0) is 29.1 Å². The average molecular weight is 729 g/mol. The number of likely N-dealkylation sites (N-methyl/N-ethyl adjacent to an activating group) is 1. The Morgan fingerprint density at radius 1 is 1.02 bits per heavy atom. The van der Waals surface area contributed by atoms with Gasteiger partial charge in [-0.25, -0.2) is 0 Å². The third kappa shape index (κ3) is 6.31. The molecule has 0 aliphatic heterocycles. The predicted octanol–water partition coefficient (Wildman–Crippen LogP) is 4.96. The van der Waals surface area contributed by atoms with Crippen molar-refractivity contribution < 1.29 is 34.8 Å². The number of phenols is 1. The topological polar surface area (TPSA) is 168 Å². The number of carbonyl (C=O) groups excluding carboxylic acids is 3. The first kappa shape index (κ1) is 37.3. The van der Waals surface area contributed by atoms with E-state index in [2.05, 4.69) is 30.9 Å². The van der Waals surface area contributed by atoms with Gasteiger partial charge in [0.2, 0.25) is 5.78 Å². The number of carbonyl (C=O) groups is 3. The summed E-state index contributed by atoms with van der Waals surface area (Å²) in [7, 11) is 6.93. The van der Waals surface area contributed by atoms with Crippen molar-refractivity contribution in [2.75, 3.05) is 39.6 Å². The first-order valence-electron chi connectivity index (χ1n) is 17.6. The number of hydrogen-bond donors (Lipinski definition) is 5. The summed E-state index contributed by atoms with van der Waals surface area (Å²) in [5.74, 6) is -6.10. The van der Waals surface area contributed by atoms with Crippen LogP contribution in [0.3, 0.4) is 0 Å². The molecule has 0 saturated heterocycles. The monoisotopic (exact) mass is 728 g/mol. The van der Waals surface area contributed by atoms with Crippen LogP contribution < -0.4 is 10.6 Å². The van der Waals surface area contributed by atoms with Crippen LogP contribution in [0, 0.1) is 17.8 Å². The van der Waals surface area contributed by atoms with Gasteiger partial charge in [-0.05, 0) is 81.1 Å². The molecule has 0 bridgehead atoms. The van der Waals surface area contributed by atoms with Crippen molar-refractivity contribution in [3.8, 4) is 16.2 Å². The van der Waals surface area contributed by atoms with Crippen LogP contribution in [0.1, 0.15) is 53.1 Å². The van der Waals surface area contributed by atoms with Crippen molar-refractivity contribution in [3.63, 3.8) is 0 Å². The molecule has 4 unspecified atom stereocenters. The highest BCUT2D eigenvalue weighted by molar-refractivity contribution is 7.15. The van der Waals surface area contributed by atoms with E-state index in [0.717, 1.165) is 35.0 Å². The zero-order valence-corrected chi connectivity index (χ0v) is 31.3. The smallest absolute Gasteiger partial charge is 0.255 e. The molecule has 276 valence electrons.